The Morgan fingerprint density at radius 1 is 1.44 bits per heavy atom. The van der Waals surface area contributed by atoms with Gasteiger partial charge in [0.15, 0.2) is 5.82 Å². The molecule has 1 aromatic carbocycles. The van der Waals surface area contributed by atoms with E-state index in [1.807, 2.05) is 19.0 Å². The minimum atomic E-state index is -1.31. The lowest BCUT2D eigenvalue weighted by Crippen LogP contribution is -2.28. The predicted molar refractivity (Wildman–Crippen MR) is 93.1 cm³/mol. The van der Waals surface area contributed by atoms with Crippen LogP contribution in [0.25, 0.3) is 5.69 Å². The summed E-state index contributed by atoms with van der Waals surface area (Å²) in [6.45, 7) is 1.87. The van der Waals surface area contributed by atoms with Crippen molar-refractivity contribution in [2.45, 2.75) is 19.6 Å². The Kier molecular flexibility index (Phi) is 5.57. The summed E-state index contributed by atoms with van der Waals surface area (Å²) >= 11 is 0. The second kappa shape index (κ2) is 7.89. The van der Waals surface area contributed by atoms with Gasteiger partial charge >= 0.3 is 11.7 Å². The second-order valence-corrected chi connectivity index (χ2v) is 6.43. The summed E-state index contributed by atoms with van der Waals surface area (Å²) in [5.41, 5.74) is -0.968. The number of carboxylic acids is 1. The van der Waals surface area contributed by atoms with E-state index in [9.17, 15) is 19.1 Å². The minimum Gasteiger partial charge on any atom is -0.493 e. The fourth-order valence-electron chi connectivity index (χ4n) is 2.80. The first-order valence-electron chi connectivity index (χ1n) is 8.49. The number of carbonyl (C=O) groups is 1. The van der Waals surface area contributed by atoms with Gasteiger partial charge < -0.3 is 19.5 Å². The molecule has 0 bridgehead atoms. The molecule has 10 heteroatoms. The number of carboxylic acid groups (broad SMARTS) is 1. The summed E-state index contributed by atoms with van der Waals surface area (Å²) in [5.74, 6) is -1.80. The summed E-state index contributed by atoms with van der Waals surface area (Å²) < 4.78 is 27.7. The number of halogens is 1. The number of aromatic nitrogens is 3. The van der Waals surface area contributed by atoms with Crippen molar-refractivity contribution in [2.24, 2.45) is 0 Å². The van der Waals surface area contributed by atoms with Gasteiger partial charge in [-0.2, -0.15) is 4.68 Å². The molecule has 0 radical (unpaired) electrons. The van der Waals surface area contributed by atoms with E-state index in [4.69, 9.17) is 9.47 Å². The van der Waals surface area contributed by atoms with Gasteiger partial charge in [0, 0.05) is 12.6 Å². The van der Waals surface area contributed by atoms with Gasteiger partial charge in [-0.15, -0.1) is 5.10 Å². The van der Waals surface area contributed by atoms with Crippen molar-refractivity contribution in [1.29, 1.82) is 0 Å². The monoisotopic (exact) mass is 380 g/mol. The Bertz CT molecular complexity index is 905. The molecule has 2 heterocycles. The summed E-state index contributed by atoms with van der Waals surface area (Å²) in [7, 11) is 3.82. The molecule has 9 nitrogen and oxygen atoms in total. The van der Waals surface area contributed by atoms with Crippen LogP contribution >= 0.6 is 0 Å². The summed E-state index contributed by atoms with van der Waals surface area (Å²) in [6.07, 6.45) is 0.662. The van der Waals surface area contributed by atoms with E-state index >= 15 is 0 Å². The SMILES string of the molecule is CN(C)CCCOc1cc(-n2nc3n(c2=O)CCOC3)c(F)cc1C(=O)O. The largest absolute Gasteiger partial charge is 0.493 e. The molecule has 1 aliphatic rings. The van der Waals surface area contributed by atoms with E-state index in [0.29, 0.717) is 25.4 Å². The summed E-state index contributed by atoms with van der Waals surface area (Å²) in [5, 5.41) is 13.4. The maximum atomic E-state index is 14.5. The lowest BCUT2D eigenvalue weighted by atomic mass is 10.1. The number of ether oxygens (including phenoxy) is 2. The molecule has 0 spiro atoms. The molecule has 0 amide bonds. The highest BCUT2D eigenvalue weighted by molar-refractivity contribution is 5.91. The van der Waals surface area contributed by atoms with Crippen LogP contribution in [0.4, 0.5) is 4.39 Å². The standard InChI is InChI=1S/C17H21FN4O5/c1-20(2)4-3-6-27-14-9-13(12(18)8-11(14)16(23)24)22-17(25)21-5-7-26-10-15(21)19-22/h8-9H,3-7,10H2,1-2H3,(H,23,24). The van der Waals surface area contributed by atoms with Gasteiger partial charge in [-0.3, -0.25) is 4.57 Å². The number of hydrogen-bond acceptors (Lipinski definition) is 6. The van der Waals surface area contributed by atoms with Crippen molar-refractivity contribution in [2.75, 3.05) is 33.9 Å². The van der Waals surface area contributed by atoms with Crippen molar-refractivity contribution in [1.82, 2.24) is 19.2 Å². The second-order valence-electron chi connectivity index (χ2n) is 6.43. The number of aromatic carboxylic acids is 1. The van der Waals surface area contributed by atoms with E-state index in [-0.39, 0.29) is 30.2 Å². The van der Waals surface area contributed by atoms with Gasteiger partial charge in [-0.05, 0) is 26.6 Å². The number of fused-ring (bicyclic) bond motifs is 1. The molecule has 0 atom stereocenters. The highest BCUT2D eigenvalue weighted by Gasteiger charge is 2.23. The highest BCUT2D eigenvalue weighted by Crippen LogP contribution is 2.25. The molecule has 0 saturated heterocycles. The first-order chi connectivity index (χ1) is 12.9. The molecule has 0 unspecified atom stereocenters. The number of hydrogen-bond donors (Lipinski definition) is 1. The third-order valence-corrected chi connectivity index (χ3v) is 4.14. The lowest BCUT2D eigenvalue weighted by Gasteiger charge is -2.13. The molecule has 3 rings (SSSR count). The van der Waals surface area contributed by atoms with E-state index < -0.39 is 17.5 Å². The minimum absolute atomic E-state index is 0.00761. The first kappa shape index (κ1) is 19.1. The molecular formula is C17H21FN4O5. The molecule has 2 aromatic rings. The van der Waals surface area contributed by atoms with Crippen LogP contribution in [-0.2, 0) is 17.9 Å². The maximum absolute atomic E-state index is 14.5. The van der Waals surface area contributed by atoms with Gasteiger partial charge in [-0.1, -0.05) is 0 Å². The van der Waals surface area contributed by atoms with Gasteiger partial charge in [0.25, 0.3) is 0 Å². The quantitative estimate of drug-likeness (QED) is 0.707. The molecular weight excluding hydrogens is 359 g/mol. The van der Waals surface area contributed by atoms with Gasteiger partial charge in [-0.25, -0.2) is 14.0 Å². The van der Waals surface area contributed by atoms with Crippen LogP contribution in [0.15, 0.2) is 16.9 Å². The van der Waals surface area contributed by atoms with Crippen LogP contribution < -0.4 is 10.4 Å². The van der Waals surface area contributed by atoms with Crippen LogP contribution in [0, 0.1) is 5.82 Å². The predicted octanol–water partition coefficient (Wildman–Crippen LogP) is 0.732. The zero-order chi connectivity index (χ0) is 19.6. The number of rotatable bonds is 7. The molecule has 1 aromatic heterocycles. The fourth-order valence-corrected chi connectivity index (χ4v) is 2.80. The average Bonchev–Trinajstić information content (AvgIpc) is 2.96. The van der Waals surface area contributed by atoms with E-state index in [1.54, 1.807) is 0 Å². The Morgan fingerprint density at radius 2 is 2.22 bits per heavy atom. The Morgan fingerprint density at radius 3 is 2.89 bits per heavy atom. The molecule has 0 aliphatic carbocycles. The lowest BCUT2D eigenvalue weighted by molar-refractivity contribution is 0.0691. The van der Waals surface area contributed by atoms with Gasteiger partial charge in [0.1, 0.15) is 29.4 Å². The van der Waals surface area contributed by atoms with Crippen LogP contribution in [0.5, 0.6) is 5.75 Å². The fraction of sp³-hybridized carbons (Fsp3) is 0.471. The van der Waals surface area contributed by atoms with E-state index in [0.717, 1.165) is 17.3 Å². The van der Waals surface area contributed by atoms with Crippen molar-refractivity contribution in [3.05, 3.63) is 39.8 Å². The van der Waals surface area contributed by atoms with Crippen LogP contribution in [0.3, 0.4) is 0 Å². The first-order valence-corrected chi connectivity index (χ1v) is 8.49. The third-order valence-electron chi connectivity index (χ3n) is 4.14. The zero-order valence-electron chi connectivity index (χ0n) is 15.1. The van der Waals surface area contributed by atoms with Crippen molar-refractivity contribution in [3.63, 3.8) is 0 Å². The van der Waals surface area contributed by atoms with Crippen molar-refractivity contribution < 1.29 is 23.8 Å². The number of nitrogens with zero attached hydrogens (tertiary/aromatic N) is 4. The molecule has 1 N–H and O–H groups in total. The highest BCUT2D eigenvalue weighted by atomic mass is 19.1. The van der Waals surface area contributed by atoms with Crippen molar-refractivity contribution >= 4 is 5.97 Å². The molecule has 0 fully saturated rings. The van der Waals surface area contributed by atoms with Crippen LogP contribution in [0.1, 0.15) is 22.6 Å². The van der Waals surface area contributed by atoms with E-state index in [1.165, 1.54) is 10.6 Å². The Labute approximate surface area is 154 Å². The average molecular weight is 380 g/mol. The third kappa shape index (κ3) is 4.01. The Hall–Kier alpha value is -2.72. The Balaban J connectivity index is 1.96. The van der Waals surface area contributed by atoms with Gasteiger partial charge in [0.2, 0.25) is 0 Å². The van der Waals surface area contributed by atoms with Gasteiger partial charge in [0.05, 0.1) is 19.8 Å². The van der Waals surface area contributed by atoms with Crippen LogP contribution in [0.2, 0.25) is 0 Å². The smallest absolute Gasteiger partial charge is 0.350 e. The topological polar surface area (TPSA) is 98.8 Å². The summed E-state index contributed by atoms with van der Waals surface area (Å²) in [4.78, 5) is 25.9. The zero-order valence-corrected chi connectivity index (χ0v) is 15.1. The summed E-state index contributed by atoms with van der Waals surface area (Å²) in [6, 6.07) is 2.05. The molecule has 27 heavy (non-hydrogen) atoms. The normalized spacial score (nSPS) is 13.6. The molecule has 146 valence electrons. The van der Waals surface area contributed by atoms with Crippen molar-refractivity contribution in [3.8, 4) is 11.4 Å². The maximum Gasteiger partial charge on any atom is 0.350 e. The van der Waals surface area contributed by atoms with E-state index in [2.05, 4.69) is 5.10 Å². The van der Waals surface area contributed by atoms with Crippen LogP contribution in [-0.4, -0.2) is 64.2 Å². The number of benzene rings is 1. The molecule has 1 aliphatic heterocycles. The molecule has 0 saturated carbocycles.